The fourth-order valence-corrected chi connectivity index (χ4v) is 3.33. The number of hydrogen-bond acceptors (Lipinski definition) is 5. The highest BCUT2D eigenvalue weighted by molar-refractivity contribution is 6.42. The Morgan fingerprint density at radius 2 is 2.00 bits per heavy atom. The van der Waals surface area contributed by atoms with Crippen LogP contribution < -0.4 is 21.9 Å². The average molecular weight is 446 g/mol. The van der Waals surface area contributed by atoms with E-state index in [0.717, 1.165) is 0 Å². The first-order valence-corrected chi connectivity index (χ1v) is 9.79. The number of nitrogens with two attached hydrogens (primary N) is 1. The molecule has 2 aromatic heterocycles. The van der Waals surface area contributed by atoms with Crippen molar-refractivity contribution in [1.29, 1.82) is 0 Å². The molecule has 0 aliphatic heterocycles. The van der Waals surface area contributed by atoms with Gasteiger partial charge in [0, 0.05) is 33.9 Å². The van der Waals surface area contributed by atoms with Gasteiger partial charge in [-0.05, 0) is 18.4 Å². The lowest BCUT2D eigenvalue weighted by molar-refractivity contribution is 0.0975. The maximum absolute atomic E-state index is 13.3. The molecule has 9 nitrogen and oxygen atoms in total. The molecular weight excluding hydrogens is 421 g/mol. The first kappa shape index (κ1) is 23.1. The Labute approximate surface area is 178 Å². The molecule has 0 bridgehead atoms. The van der Waals surface area contributed by atoms with Crippen LogP contribution in [0, 0.1) is 5.92 Å². The van der Waals surface area contributed by atoms with Crippen molar-refractivity contribution in [1.82, 2.24) is 14.1 Å². The number of nitrogen functional groups attached to an aromatic ring is 1. The summed E-state index contributed by atoms with van der Waals surface area (Å²) in [4.78, 5) is 41.6. The summed E-state index contributed by atoms with van der Waals surface area (Å²) < 4.78 is 7.73. The molecule has 11 heteroatoms. The third kappa shape index (κ3) is 4.85. The smallest absolute Gasteiger partial charge is 0.330 e. The van der Waals surface area contributed by atoms with Gasteiger partial charge < -0.3 is 15.0 Å². The number of halogens is 2. The van der Waals surface area contributed by atoms with Crippen LogP contribution in [-0.4, -0.2) is 40.3 Å². The Morgan fingerprint density at radius 3 is 2.52 bits per heavy atom. The predicted octanol–water partition coefficient (Wildman–Crippen LogP) is 2.10. The van der Waals surface area contributed by atoms with Gasteiger partial charge in [-0.1, -0.05) is 37.0 Å². The van der Waals surface area contributed by atoms with Crippen LogP contribution in [0.2, 0.25) is 10.2 Å². The molecule has 0 atom stereocenters. The molecule has 0 aliphatic carbocycles. The van der Waals surface area contributed by atoms with E-state index in [-0.39, 0.29) is 46.4 Å². The molecule has 0 radical (unpaired) electrons. The molecule has 0 aliphatic rings. The van der Waals surface area contributed by atoms with Crippen molar-refractivity contribution in [2.45, 2.75) is 26.8 Å². The van der Waals surface area contributed by atoms with Crippen molar-refractivity contribution in [2.75, 3.05) is 30.9 Å². The van der Waals surface area contributed by atoms with Crippen molar-refractivity contribution in [2.24, 2.45) is 13.0 Å². The predicted molar refractivity (Wildman–Crippen MR) is 114 cm³/mol. The normalized spacial score (nSPS) is 11.3. The van der Waals surface area contributed by atoms with Crippen molar-refractivity contribution >= 4 is 40.6 Å². The van der Waals surface area contributed by atoms with Crippen LogP contribution in [-0.2, 0) is 18.3 Å². The minimum absolute atomic E-state index is 0.0791. The highest BCUT2D eigenvalue weighted by Crippen LogP contribution is 2.28. The van der Waals surface area contributed by atoms with Crippen LogP contribution in [0.15, 0.2) is 15.7 Å². The number of carbonyl (C=O) groups excluding carboxylic acids is 1. The lowest BCUT2D eigenvalue weighted by Crippen LogP contribution is -2.42. The molecule has 0 unspecified atom stereocenters. The van der Waals surface area contributed by atoms with Gasteiger partial charge in [0.2, 0.25) is 0 Å². The van der Waals surface area contributed by atoms with Crippen molar-refractivity contribution in [3.8, 4) is 0 Å². The third-order valence-electron chi connectivity index (χ3n) is 4.34. The molecule has 0 fully saturated rings. The van der Waals surface area contributed by atoms with Gasteiger partial charge in [0.15, 0.2) is 5.69 Å². The topological polar surface area (TPSA) is 115 Å². The third-order valence-corrected chi connectivity index (χ3v) is 5.18. The fraction of sp³-hybridized carbons (Fsp3) is 0.500. The molecule has 2 aromatic rings. The standard InChI is InChI=1S/C18H25Cl2N5O4/c1-10(2)9-25-15(21)13(16(26)22-18(25)28)24(6-5-7-29-4)17(27)12-8-11(19)14(20)23(12)3/h8,10H,5-7,9,21H2,1-4H3,(H,22,26,28). The van der Waals surface area contributed by atoms with Gasteiger partial charge in [-0.2, -0.15) is 0 Å². The van der Waals surface area contributed by atoms with E-state index in [2.05, 4.69) is 4.98 Å². The minimum Gasteiger partial charge on any atom is -0.385 e. The Morgan fingerprint density at radius 1 is 1.34 bits per heavy atom. The van der Waals surface area contributed by atoms with Crippen molar-refractivity contribution in [3.05, 3.63) is 42.8 Å². The summed E-state index contributed by atoms with van der Waals surface area (Å²) in [5.41, 5.74) is 4.90. The summed E-state index contributed by atoms with van der Waals surface area (Å²) in [6, 6.07) is 1.42. The number of amides is 1. The zero-order valence-electron chi connectivity index (χ0n) is 16.8. The summed E-state index contributed by atoms with van der Waals surface area (Å²) in [6.07, 6.45) is 0.441. The summed E-state index contributed by atoms with van der Waals surface area (Å²) >= 11 is 12.1. The van der Waals surface area contributed by atoms with Crippen molar-refractivity contribution in [3.63, 3.8) is 0 Å². The molecule has 0 spiro atoms. The Bertz CT molecular complexity index is 1010. The second-order valence-corrected chi connectivity index (χ2v) is 7.79. The van der Waals surface area contributed by atoms with Gasteiger partial charge in [-0.3, -0.25) is 24.0 Å². The highest BCUT2D eigenvalue weighted by atomic mass is 35.5. The highest BCUT2D eigenvalue weighted by Gasteiger charge is 2.28. The van der Waals surface area contributed by atoms with Gasteiger partial charge in [0.1, 0.15) is 16.7 Å². The van der Waals surface area contributed by atoms with E-state index in [1.165, 1.54) is 27.2 Å². The number of methoxy groups -OCH3 is 1. The minimum atomic E-state index is -0.746. The molecule has 3 N–H and O–H groups in total. The number of aromatic amines is 1. The van der Waals surface area contributed by atoms with Gasteiger partial charge in [-0.25, -0.2) is 4.79 Å². The zero-order valence-corrected chi connectivity index (χ0v) is 18.3. The number of ether oxygens (including phenoxy) is 1. The van der Waals surface area contributed by atoms with Crippen LogP contribution in [0.4, 0.5) is 11.5 Å². The van der Waals surface area contributed by atoms with E-state index in [0.29, 0.717) is 13.0 Å². The molecule has 160 valence electrons. The first-order chi connectivity index (χ1) is 13.6. The second-order valence-electron chi connectivity index (χ2n) is 7.03. The number of nitrogens with one attached hydrogen (secondary N) is 1. The van der Waals surface area contributed by atoms with Crippen molar-refractivity contribution < 1.29 is 9.53 Å². The van der Waals surface area contributed by atoms with E-state index in [9.17, 15) is 14.4 Å². The molecule has 1 amide bonds. The number of carbonyl (C=O) groups is 1. The summed E-state index contributed by atoms with van der Waals surface area (Å²) in [5, 5.41) is 0.402. The Hall–Kier alpha value is -2.23. The summed E-state index contributed by atoms with van der Waals surface area (Å²) in [6.45, 7) is 4.61. The van der Waals surface area contributed by atoms with Gasteiger partial charge in [0.05, 0.1) is 5.02 Å². The maximum atomic E-state index is 13.3. The van der Waals surface area contributed by atoms with Crippen LogP contribution in [0.1, 0.15) is 30.8 Å². The quantitative estimate of drug-likeness (QED) is 0.603. The number of anilines is 2. The SMILES string of the molecule is COCCCN(C(=O)c1cc(Cl)c(Cl)n1C)c1c(N)n(CC(C)C)c(=O)[nH]c1=O. The lowest BCUT2D eigenvalue weighted by Gasteiger charge is -2.25. The first-order valence-electron chi connectivity index (χ1n) is 9.04. The van der Waals surface area contributed by atoms with Gasteiger partial charge in [-0.15, -0.1) is 0 Å². The fourth-order valence-electron chi connectivity index (χ4n) is 2.95. The molecular formula is C18H25Cl2N5O4. The lowest BCUT2D eigenvalue weighted by atomic mass is 10.2. The number of aromatic nitrogens is 3. The molecule has 0 saturated carbocycles. The molecule has 0 saturated heterocycles. The van der Waals surface area contributed by atoms with E-state index >= 15 is 0 Å². The molecule has 2 rings (SSSR count). The number of hydrogen-bond donors (Lipinski definition) is 2. The van der Waals surface area contributed by atoms with E-state index in [4.69, 9.17) is 33.7 Å². The Kier molecular flexibility index (Phi) is 7.56. The van der Waals surface area contributed by atoms with E-state index in [1.54, 1.807) is 7.05 Å². The summed E-state index contributed by atoms with van der Waals surface area (Å²) in [7, 11) is 3.12. The van der Waals surface area contributed by atoms with Crippen LogP contribution in [0.25, 0.3) is 0 Å². The molecule has 0 aromatic carbocycles. The van der Waals surface area contributed by atoms with E-state index < -0.39 is 17.2 Å². The largest absolute Gasteiger partial charge is 0.385 e. The van der Waals surface area contributed by atoms with Crippen LogP contribution in [0.5, 0.6) is 0 Å². The monoisotopic (exact) mass is 445 g/mol. The average Bonchev–Trinajstić information content (AvgIpc) is 2.90. The van der Waals surface area contributed by atoms with Gasteiger partial charge in [0.25, 0.3) is 11.5 Å². The maximum Gasteiger partial charge on any atom is 0.330 e. The van der Waals surface area contributed by atoms with Crippen LogP contribution >= 0.6 is 23.2 Å². The van der Waals surface area contributed by atoms with Crippen LogP contribution in [0.3, 0.4) is 0 Å². The number of rotatable bonds is 8. The second kappa shape index (κ2) is 9.51. The molecule has 2 heterocycles. The Balaban J connectivity index is 2.63. The van der Waals surface area contributed by atoms with Gasteiger partial charge >= 0.3 is 5.69 Å². The summed E-state index contributed by atoms with van der Waals surface area (Å²) in [5.74, 6) is -0.508. The number of nitrogens with zero attached hydrogens (tertiary/aromatic N) is 3. The number of H-pyrrole nitrogens is 1. The molecule has 29 heavy (non-hydrogen) atoms. The van der Waals surface area contributed by atoms with E-state index in [1.807, 2.05) is 13.8 Å². The zero-order chi connectivity index (χ0) is 21.9.